The molecule has 20 rings (SSSR count). The number of aromatic nitrogens is 6. The molecule has 8 heteroatoms. The van der Waals surface area contributed by atoms with Crippen molar-refractivity contribution in [2.75, 3.05) is 0 Å². The highest BCUT2D eigenvalue weighted by atomic mass is 16.5. The van der Waals surface area contributed by atoms with Crippen molar-refractivity contribution in [1.82, 2.24) is 29.1 Å². The number of rotatable bonds is 3. The Kier molecular flexibility index (Phi) is 7.59. The molecule has 0 amide bonds. The number of ether oxygens (including phenoxy) is 2. The minimum absolute atomic E-state index is 0.274. The van der Waals surface area contributed by atoms with Crippen LogP contribution in [0.4, 0.5) is 0 Å². The Morgan fingerprint density at radius 2 is 1.04 bits per heavy atom. The van der Waals surface area contributed by atoms with Crippen LogP contribution in [-0.4, -0.2) is 29.1 Å². The van der Waals surface area contributed by atoms with E-state index in [9.17, 15) is 0 Å². The predicted octanol–water partition coefficient (Wildman–Crippen LogP) is 17.9. The van der Waals surface area contributed by atoms with E-state index in [0.29, 0.717) is 11.9 Å². The van der Waals surface area contributed by atoms with Gasteiger partial charge in [0, 0.05) is 44.5 Å². The summed E-state index contributed by atoms with van der Waals surface area (Å²) in [7, 11) is 0. The van der Waals surface area contributed by atoms with Gasteiger partial charge in [-0.25, -0.2) is 19.9 Å². The van der Waals surface area contributed by atoms with Crippen LogP contribution in [0.1, 0.15) is 17.0 Å². The molecule has 0 saturated carbocycles. The third kappa shape index (κ3) is 5.17. The van der Waals surface area contributed by atoms with Crippen LogP contribution in [0.2, 0.25) is 0 Å². The number of hydrogen-bond acceptors (Lipinski definition) is 6. The van der Waals surface area contributed by atoms with Crippen molar-refractivity contribution in [1.29, 1.82) is 0 Å². The largest absolute Gasteiger partial charge is 0.456 e. The molecule has 10 aromatic carbocycles. The van der Waals surface area contributed by atoms with E-state index < -0.39 is 0 Å². The summed E-state index contributed by atoms with van der Waals surface area (Å²) in [5, 5.41) is 9.07. The lowest BCUT2D eigenvalue weighted by atomic mass is 9.79. The monoisotopic (exact) mass is 1020 g/mol. The van der Waals surface area contributed by atoms with Crippen LogP contribution in [0.25, 0.3) is 150 Å². The number of nitrogens with zero attached hydrogens (tertiary/aromatic N) is 6. The van der Waals surface area contributed by atoms with Crippen molar-refractivity contribution in [2.45, 2.75) is 5.92 Å². The summed E-state index contributed by atoms with van der Waals surface area (Å²) in [5.74, 6) is 4.93. The van der Waals surface area contributed by atoms with Gasteiger partial charge in [0.25, 0.3) is 0 Å². The van der Waals surface area contributed by atoms with Crippen LogP contribution in [-0.2, 0) is 0 Å². The molecule has 4 aromatic heterocycles. The maximum atomic E-state index is 6.47. The molecule has 0 fully saturated rings. The molecule has 2 unspecified atom stereocenters. The van der Waals surface area contributed by atoms with E-state index in [4.69, 9.17) is 29.4 Å². The Morgan fingerprint density at radius 1 is 0.388 bits per heavy atom. The van der Waals surface area contributed by atoms with Crippen molar-refractivity contribution in [2.24, 2.45) is 5.92 Å². The molecule has 80 heavy (non-hydrogen) atoms. The van der Waals surface area contributed by atoms with E-state index in [2.05, 4.69) is 173 Å². The fourth-order valence-electron chi connectivity index (χ4n) is 14.8. The number of hydrogen-bond donors (Lipinski definition) is 0. The van der Waals surface area contributed by atoms with Gasteiger partial charge in [-0.1, -0.05) is 140 Å². The lowest BCUT2D eigenvalue weighted by Crippen LogP contribution is -2.11. The summed E-state index contributed by atoms with van der Waals surface area (Å²) in [5.41, 5.74) is 22.1. The zero-order chi connectivity index (χ0) is 51.6. The van der Waals surface area contributed by atoms with Gasteiger partial charge in [-0.05, 0) is 145 Å². The first-order chi connectivity index (χ1) is 39.7. The SMILES string of the molecule is C1=CC2=CC=CC3c4ccc5c(c4C(=C1)C23)c1ccc(-c2ccc3c(c2)-c2cc4c(c6cccc-3c26)c2ccccc2n4-c2nc3c4c(cccc4n2)Oc2ccccc2-3)cc1n5-c1nc2c3c(cccc3n1)Oc1ccccc1-2. The highest BCUT2D eigenvalue weighted by Gasteiger charge is 2.41. The molecule has 0 spiro atoms. The van der Waals surface area contributed by atoms with Crippen molar-refractivity contribution >= 4 is 81.8 Å². The average Bonchev–Trinajstić information content (AvgIpc) is 4.30. The fraction of sp³-hybridized carbons (Fsp3) is 0.0278. The van der Waals surface area contributed by atoms with Gasteiger partial charge in [0.1, 0.15) is 23.0 Å². The Morgan fingerprint density at radius 3 is 1.82 bits per heavy atom. The molecular formula is C72H38N6O2. The molecule has 0 N–H and O–H groups in total. The zero-order valence-electron chi connectivity index (χ0n) is 42.4. The van der Waals surface area contributed by atoms with E-state index in [1.165, 1.54) is 71.5 Å². The molecule has 368 valence electrons. The number of fused-ring (bicyclic) bond motifs is 18. The van der Waals surface area contributed by atoms with Gasteiger partial charge in [-0.2, -0.15) is 0 Å². The molecule has 14 aromatic rings. The van der Waals surface area contributed by atoms with Crippen molar-refractivity contribution in [3.8, 4) is 90.8 Å². The molecule has 2 atom stereocenters. The van der Waals surface area contributed by atoms with Gasteiger partial charge < -0.3 is 9.47 Å². The standard InChI is InChI=1S/C72H38N6O2/c1-4-23-54-44(14-1)64-49-20-9-18-41-40-30-28-38(34-50(40)51(63(41)49)36-57(64)77(54)71-73-52-21-10-26-60-67(52)69(75-71)46-15-2-5-24-58(46)79-60)39-29-31-45-56(35-39)78(55-33-32-43-42-17-7-12-37-13-8-19-48(62(37)42)65(43)66(45)55)72-74-53-22-11-27-61-68(53)70(76-72)47-16-3-6-25-59(47)80-61/h1-36,42,62H. The summed E-state index contributed by atoms with van der Waals surface area (Å²) in [6, 6.07) is 65.2. The van der Waals surface area contributed by atoms with E-state index in [1.54, 1.807) is 0 Å². The summed E-state index contributed by atoms with van der Waals surface area (Å²) in [6.07, 6.45) is 13.8. The lowest BCUT2D eigenvalue weighted by Gasteiger charge is -2.24. The Balaban J connectivity index is 0.818. The third-order valence-corrected chi connectivity index (χ3v) is 18.0. The summed E-state index contributed by atoms with van der Waals surface area (Å²) in [4.78, 5) is 21.8. The van der Waals surface area contributed by atoms with E-state index >= 15 is 0 Å². The first-order valence-electron chi connectivity index (χ1n) is 27.4. The van der Waals surface area contributed by atoms with Crippen molar-refractivity contribution in [3.63, 3.8) is 0 Å². The van der Waals surface area contributed by atoms with Gasteiger partial charge in [0.2, 0.25) is 11.9 Å². The van der Waals surface area contributed by atoms with Crippen LogP contribution < -0.4 is 9.47 Å². The Labute approximate surface area is 455 Å². The molecule has 0 bridgehead atoms. The van der Waals surface area contributed by atoms with Gasteiger partial charge >= 0.3 is 0 Å². The van der Waals surface area contributed by atoms with Crippen LogP contribution in [0.3, 0.4) is 0 Å². The second kappa shape index (κ2) is 14.7. The number of para-hydroxylation sites is 3. The minimum atomic E-state index is 0.274. The summed E-state index contributed by atoms with van der Waals surface area (Å²) < 4.78 is 17.5. The van der Waals surface area contributed by atoms with Crippen LogP contribution in [0.5, 0.6) is 23.0 Å². The smallest absolute Gasteiger partial charge is 0.235 e. The normalized spacial score (nSPS) is 16.2. The van der Waals surface area contributed by atoms with Crippen LogP contribution >= 0.6 is 0 Å². The number of benzene rings is 10. The lowest BCUT2D eigenvalue weighted by molar-refractivity contribution is 0.486. The van der Waals surface area contributed by atoms with Crippen LogP contribution in [0, 0.1) is 5.92 Å². The first kappa shape index (κ1) is 41.5. The van der Waals surface area contributed by atoms with Gasteiger partial charge in [-0.15, -0.1) is 0 Å². The summed E-state index contributed by atoms with van der Waals surface area (Å²) >= 11 is 0. The zero-order valence-corrected chi connectivity index (χ0v) is 42.4. The Hall–Kier alpha value is -10.7. The number of allylic oxidation sites excluding steroid dienone is 8. The quantitative estimate of drug-likeness (QED) is 0.175. The van der Waals surface area contributed by atoms with E-state index in [1.807, 2.05) is 54.6 Å². The molecular weight excluding hydrogens is 981 g/mol. The Bertz CT molecular complexity index is 5460. The van der Waals surface area contributed by atoms with Crippen molar-refractivity contribution < 1.29 is 9.47 Å². The van der Waals surface area contributed by atoms with Crippen LogP contribution in [0.15, 0.2) is 224 Å². The topological polar surface area (TPSA) is 79.9 Å². The highest BCUT2D eigenvalue weighted by molar-refractivity contribution is 6.29. The molecule has 6 heterocycles. The minimum Gasteiger partial charge on any atom is -0.456 e. The third-order valence-electron chi connectivity index (χ3n) is 18.0. The van der Waals surface area contributed by atoms with Gasteiger partial charge in [-0.3, -0.25) is 9.13 Å². The van der Waals surface area contributed by atoms with Gasteiger partial charge in [0.05, 0.1) is 55.3 Å². The first-order valence-corrected chi connectivity index (χ1v) is 27.4. The van der Waals surface area contributed by atoms with E-state index in [0.717, 1.165) is 106 Å². The fourth-order valence-corrected chi connectivity index (χ4v) is 14.8. The molecule has 6 aliphatic rings. The highest BCUT2D eigenvalue weighted by Crippen LogP contribution is 2.58. The molecule has 0 saturated heterocycles. The molecule has 8 nitrogen and oxygen atoms in total. The molecule has 2 aliphatic heterocycles. The summed E-state index contributed by atoms with van der Waals surface area (Å²) in [6.45, 7) is 0. The average molecular weight is 1020 g/mol. The van der Waals surface area contributed by atoms with Crippen molar-refractivity contribution in [3.05, 3.63) is 235 Å². The maximum Gasteiger partial charge on any atom is 0.235 e. The predicted molar refractivity (Wildman–Crippen MR) is 320 cm³/mol. The molecule has 0 radical (unpaired) electrons. The second-order valence-electron chi connectivity index (χ2n) is 21.9. The molecule has 4 aliphatic carbocycles. The van der Waals surface area contributed by atoms with Gasteiger partial charge in [0.15, 0.2) is 0 Å². The second-order valence-corrected chi connectivity index (χ2v) is 21.9. The maximum absolute atomic E-state index is 6.47. The van der Waals surface area contributed by atoms with E-state index in [-0.39, 0.29) is 11.8 Å².